The van der Waals surface area contributed by atoms with Crippen molar-refractivity contribution in [1.29, 1.82) is 0 Å². The molecule has 1 aromatic carbocycles. The molecule has 0 aromatic heterocycles. The Kier molecular flexibility index (Phi) is 5.22. The highest BCUT2D eigenvalue weighted by atomic mass is 16.6. The van der Waals surface area contributed by atoms with Crippen LogP contribution in [0.15, 0.2) is 18.2 Å². The van der Waals surface area contributed by atoms with E-state index < -0.39 is 0 Å². The van der Waals surface area contributed by atoms with Crippen molar-refractivity contribution in [3.8, 4) is 0 Å². The van der Waals surface area contributed by atoms with E-state index in [1.54, 1.807) is 0 Å². The van der Waals surface area contributed by atoms with Crippen LogP contribution in [0.25, 0.3) is 0 Å². The van der Waals surface area contributed by atoms with Crippen LogP contribution >= 0.6 is 0 Å². The lowest BCUT2D eigenvalue weighted by molar-refractivity contribution is 0.139. The molecule has 0 fully saturated rings. The van der Waals surface area contributed by atoms with Gasteiger partial charge in [0.15, 0.2) is 0 Å². The quantitative estimate of drug-likeness (QED) is 0.729. The summed E-state index contributed by atoms with van der Waals surface area (Å²) < 4.78 is 11.8. The molecule has 0 aliphatic heterocycles. The Bertz CT molecular complexity index is 331. The van der Waals surface area contributed by atoms with Crippen molar-refractivity contribution in [2.45, 2.75) is 53.8 Å². The average molecular weight is 234 g/mol. The van der Waals surface area contributed by atoms with Crippen molar-refractivity contribution in [2.75, 3.05) is 0 Å². The molecule has 1 rings (SSSR count). The molecule has 0 bridgehead atoms. The number of hydrogen-bond donors (Lipinski definition) is 0. The molecule has 3 heteroatoms. The number of hydrogen-bond acceptors (Lipinski definition) is 2. The maximum absolute atomic E-state index is 5.89. The summed E-state index contributed by atoms with van der Waals surface area (Å²) in [7, 11) is -0.267. The molecule has 94 valence electrons. The minimum atomic E-state index is -0.267. The fourth-order valence-electron chi connectivity index (χ4n) is 1.86. The van der Waals surface area contributed by atoms with Gasteiger partial charge in [0.1, 0.15) is 0 Å². The summed E-state index contributed by atoms with van der Waals surface area (Å²) in [5, 5.41) is 0. The fraction of sp³-hybridized carbons (Fsp3) is 0.571. The van der Waals surface area contributed by atoms with E-state index >= 15 is 0 Å². The zero-order valence-corrected chi connectivity index (χ0v) is 11.8. The molecule has 0 saturated heterocycles. The Morgan fingerprint density at radius 2 is 1.29 bits per heavy atom. The van der Waals surface area contributed by atoms with Gasteiger partial charge in [0, 0.05) is 12.2 Å². The molecule has 0 spiro atoms. The van der Waals surface area contributed by atoms with Crippen LogP contribution in [0.2, 0.25) is 0 Å². The lowest BCUT2D eigenvalue weighted by atomic mass is 9.73. The van der Waals surface area contributed by atoms with Crippen LogP contribution in [0.5, 0.6) is 0 Å². The zero-order valence-electron chi connectivity index (χ0n) is 11.8. The van der Waals surface area contributed by atoms with Crippen molar-refractivity contribution < 1.29 is 9.31 Å². The van der Waals surface area contributed by atoms with Gasteiger partial charge in [0.25, 0.3) is 0 Å². The highest BCUT2D eigenvalue weighted by Gasteiger charge is 2.27. The van der Waals surface area contributed by atoms with Crippen molar-refractivity contribution in [2.24, 2.45) is 0 Å². The SMILES string of the molecule is Cc1cccc(C)c1B(OC(C)C)OC(C)C. The maximum atomic E-state index is 5.89. The van der Waals surface area contributed by atoms with Crippen molar-refractivity contribution in [1.82, 2.24) is 0 Å². The van der Waals surface area contributed by atoms with Gasteiger partial charge in [-0.15, -0.1) is 0 Å². The summed E-state index contributed by atoms with van der Waals surface area (Å²) >= 11 is 0. The largest absolute Gasteiger partial charge is 0.494 e. The third-order valence-corrected chi connectivity index (χ3v) is 2.57. The maximum Gasteiger partial charge on any atom is 0.494 e. The van der Waals surface area contributed by atoms with E-state index in [1.165, 1.54) is 11.1 Å². The normalized spacial score (nSPS) is 11.3. The zero-order chi connectivity index (χ0) is 13.0. The van der Waals surface area contributed by atoms with Crippen LogP contribution in [-0.2, 0) is 9.31 Å². The van der Waals surface area contributed by atoms with Gasteiger partial charge in [-0.25, -0.2) is 0 Å². The highest BCUT2D eigenvalue weighted by molar-refractivity contribution is 6.62. The summed E-state index contributed by atoms with van der Waals surface area (Å²) in [6.07, 6.45) is 0.301. The predicted molar refractivity (Wildman–Crippen MR) is 73.7 cm³/mol. The second kappa shape index (κ2) is 6.22. The first-order valence-corrected chi connectivity index (χ1v) is 6.28. The molecular weight excluding hydrogens is 211 g/mol. The first-order valence-electron chi connectivity index (χ1n) is 6.28. The molecule has 0 aliphatic carbocycles. The van der Waals surface area contributed by atoms with Crippen LogP contribution < -0.4 is 5.46 Å². The summed E-state index contributed by atoms with van der Waals surface area (Å²) in [5.74, 6) is 0. The first kappa shape index (κ1) is 14.3. The Labute approximate surface area is 105 Å². The van der Waals surface area contributed by atoms with Gasteiger partial charge >= 0.3 is 7.12 Å². The molecule has 17 heavy (non-hydrogen) atoms. The third kappa shape index (κ3) is 4.17. The Morgan fingerprint density at radius 1 is 0.882 bits per heavy atom. The van der Waals surface area contributed by atoms with E-state index in [9.17, 15) is 0 Å². The molecule has 0 radical (unpaired) electrons. The van der Waals surface area contributed by atoms with E-state index in [0.29, 0.717) is 0 Å². The highest BCUT2D eigenvalue weighted by Crippen LogP contribution is 2.08. The summed E-state index contributed by atoms with van der Waals surface area (Å²) in [6.45, 7) is 12.3. The lowest BCUT2D eigenvalue weighted by Gasteiger charge is -2.22. The molecule has 0 N–H and O–H groups in total. The Balaban J connectivity index is 3.03. The van der Waals surface area contributed by atoms with Crippen LogP contribution in [0.4, 0.5) is 0 Å². The van der Waals surface area contributed by atoms with E-state index in [2.05, 4.69) is 32.0 Å². The smallest absolute Gasteiger partial charge is 0.405 e. The molecule has 0 amide bonds. The second-order valence-electron chi connectivity index (χ2n) is 5.01. The van der Waals surface area contributed by atoms with Gasteiger partial charge in [0.2, 0.25) is 0 Å². The van der Waals surface area contributed by atoms with Crippen LogP contribution in [0, 0.1) is 13.8 Å². The van der Waals surface area contributed by atoms with Gasteiger partial charge in [-0.1, -0.05) is 29.3 Å². The topological polar surface area (TPSA) is 18.5 Å². The first-order chi connectivity index (χ1) is 7.91. The van der Waals surface area contributed by atoms with Gasteiger partial charge in [0.05, 0.1) is 0 Å². The Morgan fingerprint density at radius 3 is 1.65 bits per heavy atom. The van der Waals surface area contributed by atoms with Crippen LogP contribution in [0.1, 0.15) is 38.8 Å². The molecule has 0 atom stereocenters. The van der Waals surface area contributed by atoms with Crippen molar-refractivity contribution in [3.05, 3.63) is 29.3 Å². The van der Waals surface area contributed by atoms with Gasteiger partial charge in [-0.3, -0.25) is 0 Å². The van der Waals surface area contributed by atoms with Crippen LogP contribution in [0.3, 0.4) is 0 Å². The molecular formula is C14H23BO2. The Hall–Kier alpha value is -0.795. The molecule has 2 nitrogen and oxygen atoms in total. The lowest BCUT2D eigenvalue weighted by Crippen LogP contribution is -2.43. The van der Waals surface area contributed by atoms with Gasteiger partial charge < -0.3 is 9.31 Å². The third-order valence-electron chi connectivity index (χ3n) is 2.57. The van der Waals surface area contributed by atoms with Gasteiger partial charge in [-0.2, -0.15) is 0 Å². The van der Waals surface area contributed by atoms with Gasteiger partial charge in [-0.05, 0) is 47.0 Å². The summed E-state index contributed by atoms with van der Waals surface area (Å²) in [5.41, 5.74) is 3.60. The van der Waals surface area contributed by atoms with Crippen molar-refractivity contribution in [3.63, 3.8) is 0 Å². The molecule has 1 aromatic rings. The number of benzene rings is 1. The average Bonchev–Trinajstić information content (AvgIpc) is 2.14. The predicted octanol–water partition coefficient (Wildman–Crippen LogP) is 2.85. The molecule has 0 unspecified atom stereocenters. The summed E-state index contributed by atoms with van der Waals surface area (Å²) in [6, 6.07) is 6.27. The fourth-order valence-corrected chi connectivity index (χ4v) is 1.86. The molecule has 0 heterocycles. The van der Waals surface area contributed by atoms with E-state index in [0.717, 1.165) is 5.46 Å². The molecule has 0 saturated carbocycles. The molecule has 0 aliphatic rings. The van der Waals surface area contributed by atoms with Crippen LogP contribution in [-0.4, -0.2) is 19.3 Å². The standard InChI is InChI=1S/C14H23BO2/c1-10(2)16-15(17-11(3)4)14-12(5)8-7-9-13(14)6/h7-11H,1-6H3. The second-order valence-corrected chi connectivity index (χ2v) is 5.01. The minimum Gasteiger partial charge on any atom is -0.405 e. The monoisotopic (exact) mass is 234 g/mol. The van der Waals surface area contributed by atoms with E-state index in [-0.39, 0.29) is 19.3 Å². The number of rotatable bonds is 5. The minimum absolute atomic E-state index is 0.151. The van der Waals surface area contributed by atoms with E-state index in [1.807, 2.05) is 27.7 Å². The van der Waals surface area contributed by atoms with E-state index in [4.69, 9.17) is 9.31 Å². The van der Waals surface area contributed by atoms with Crippen molar-refractivity contribution >= 4 is 12.6 Å². The number of aryl methyl sites for hydroxylation is 2. The summed E-state index contributed by atoms with van der Waals surface area (Å²) in [4.78, 5) is 0.